The van der Waals surface area contributed by atoms with Crippen molar-refractivity contribution in [1.29, 1.82) is 0 Å². The summed E-state index contributed by atoms with van der Waals surface area (Å²) in [7, 11) is 0. The van der Waals surface area contributed by atoms with Crippen LogP contribution in [0.25, 0.3) is 0 Å². The molecule has 1 aromatic carbocycles. The Morgan fingerprint density at radius 1 is 1.29 bits per heavy atom. The molecule has 0 amide bonds. The SMILES string of the molecule is CC(C)(C)OCC(Cc1ccc(Cl)cc1)NN. The molecule has 0 fully saturated rings. The van der Waals surface area contributed by atoms with Gasteiger partial charge in [-0.3, -0.25) is 11.3 Å². The van der Waals surface area contributed by atoms with E-state index < -0.39 is 0 Å². The maximum atomic E-state index is 5.84. The molecular formula is C13H21ClN2O. The molecular weight excluding hydrogens is 236 g/mol. The first-order chi connectivity index (χ1) is 7.90. The second-order valence-corrected chi connectivity index (χ2v) is 5.55. The van der Waals surface area contributed by atoms with Gasteiger partial charge in [-0.05, 0) is 44.9 Å². The van der Waals surface area contributed by atoms with E-state index in [1.807, 2.05) is 45.0 Å². The summed E-state index contributed by atoms with van der Waals surface area (Å²) in [6.45, 7) is 6.68. The third-order valence-corrected chi connectivity index (χ3v) is 2.60. The van der Waals surface area contributed by atoms with Crippen molar-refractivity contribution in [3.05, 3.63) is 34.9 Å². The molecule has 0 radical (unpaired) electrons. The van der Waals surface area contributed by atoms with Crippen LogP contribution in [0, 0.1) is 0 Å². The van der Waals surface area contributed by atoms with Crippen LogP contribution in [0.15, 0.2) is 24.3 Å². The fourth-order valence-corrected chi connectivity index (χ4v) is 1.55. The zero-order chi connectivity index (χ0) is 12.9. The van der Waals surface area contributed by atoms with Gasteiger partial charge in [0.15, 0.2) is 0 Å². The van der Waals surface area contributed by atoms with Gasteiger partial charge in [-0.15, -0.1) is 0 Å². The minimum Gasteiger partial charge on any atom is -0.374 e. The molecule has 1 aromatic rings. The predicted octanol–water partition coefficient (Wildman–Crippen LogP) is 2.53. The predicted molar refractivity (Wildman–Crippen MR) is 72.0 cm³/mol. The molecule has 1 atom stereocenters. The lowest BCUT2D eigenvalue weighted by molar-refractivity contribution is -0.0143. The fourth-order valence-electron chi connectivity index (χ4n) is 1.42. The van der Waals surface area contributed by atoms with Crippen LogP contribution >= 0.6 is 11.6 Å². The smallest absolute Gasteiger partial charge is 0.0643 e. The molecule has 0 aromatic heterocycles. The number of ether oxygens (including phenoxy) is 1. The molecule has 0 bridgehead atoms. The van der Waals surface area contributed by atoms with E-state index in [0.29, 0.717) is 6.61 Å². The highest BCUT2D eigenvalue weighted by Crippen LogP contribution is 2.12. The normalized spacial score (nSPS) is 13.7. The molecule has 17 heavy (non-hydrogen) atoms. The molecule has 96 valence electrons. The van der Waals surface area contributed by atoms with Crippen molar-refractivity contribution in [2.75, 3.05) is 6.61 Å². The van der Waals surface area contributed by atoms with Gasteiger partial charge in [0.2, 0.25) is 0 Å². The first kappa shape index (κ1) is 14.5. The zero-order valence-electron chi connectivity index (χ0n) is 10.7. The Morgan fingerprint density at radius 3 is 2.35 bits per heavy atom. The van der Waals surface area contributed by atoms with Gasteiger partial charge in [-0.25, -0.2) is 0 Å². The third kappa shape index (κ3) is 6.03. The van der Waals surface area contributed by atoms with Crippen molar-refractivity contribution >= 4 is 11.6 Å². The van der Waals surface area contributed by atoms with Gasteiger partial charge in [0.1, 0.15) is 0 Å². The average molecular weight is 257 g/mol. The van der Waals surface area contributed by atoms with Gasteiger partial charge in [-0.2, -0.15) is 0 Å². The summed E-state index contributed by atoms with van der Waals surface area (Å²) in [5, 5.41) is 0.747. The van der Waals surface area contributed by atoms with Crippen LogP contribution in [-0.2, 0) is 11.2 Å². The van der Waals surface area contributed by atoms with E-state index >= 15 is 0 Å². The standard InChI is InChI=1S/C13H21ClN2O/c1-13(2,3)17-9-12(16-15)8-10-4-6-11(14)7-5-10/h4-7,12,16H,8-9,15H2,1-3H3. The monoisotopic (exact) mass is 256 g/mol. The van der Waals surface area contributed by atoms with Crippen molar-refractivity contribution in [2.45, 2.75) is 38.8 Å². The van der Waals surface area contributed by atoms with Crippen molar-refractivity contribution in [3.63, 3.8) is 0 Å². The number of hydrogen-bond donors (Lipinski definition) is 2. The van der Waals surface area contributed by atoms with Crippen molar-refractivity contribution in [3.8, 4) is 0 Å². The minimum atomic E-state index is -0.144. The Bertz CT molecular complexity index is 332. The van der Waals surface area contributed by atoms with E-state index in [1.165, 1.54) is 5.56 Å². The molecule has 3 nitrogen and oxygen atoms in total. The molecule has 0 heterocycles. The van der Waals surface area contributed by atoms with Gasteiger partial charge in [0.05, 0.1) is 12.2 Å². The Labute approximate surface area is 108 Å². The summed E-state index contributed by atoms with van der Waals surface area (Å²) in [5.74, 6) is 5.52. The second kappa shape index (κ2) is 6.36. The summed E-state index contributed by atoms with van der Waals surface area (Å²) >= 11 is 5.84. The van der Waals surface area contributed by atoms with Gasteiger partial charge in [0, 0.05) is 11.1 Å². The molecule has 0 aliphatic heterocycles. The zero-order valence-corrected chi connectivity index (χ0v) is 11.4. The lowest BCUT2D eigenvalue weighted by atomic mass is 10.1. The van der Waals surface area contributed by atoms with Crippen molar-refractivity contribution in [1.82, 2.24) is 5.43 Å². The van der Waals surface area contributed by atoms with Gasteiger partial charge in [-0.1, -0.05) is 23.7 Å². The highest BCUT2D eigenvalue weighted by atomic mass is 35.5. The van der Waals surface area contributed by atoms with E-state index in [2.05, 4.69) is 5.43 Å². The summed E-state index contributed by atoms with van der Waals surface area (Å²) < 4.78 is 5.71. The van der Waals surface area contributed by atoms with Crippen molar-refractivity contribution in [2.24, 2.45) is 5.84 Å². The molecule has 3 N–H and O–H groups in total. The Kier molecular flexibility index (Phi) is 5.40. The van der Waals surface area contributed by atoms with Gasteiger partial charge < -0.3 is 4.74 Å². The lowest BCUT2D eigenvalue weighted by Crippen LogP contribution is -2.42. The summed E-state index contributed by atoms with van der Waals surface area (Å²) in [5.41, 5.74) is 3.83. The van der Waals surface area contributed by atoms with Crippen LogP contribution in [0.1, 0.15) is 26.3 Å². The van der Waals surface area contributed by atoms with Crippen LogP contribution in [0.2, 0.25) is 5.02 Å². The molecule has 4 heteroatoms. The number of nitrogens with two attached hydrogens (primary N) is 1. The maximum absolute atomic E-state index is 5.84. The van der Waals surface area contributed by atoms with E-state index in [0.717, 1.165) is 11.4 Å². The number of hydrogen-bond acceptors (Lipinski definition) is 3. The number of nitrogens with one attached hydrogen (secondary N) is 1. The van der Waals surface area contributed by atoms with E-state index in [-0.39, 0.29) is 11.6 Å². The molecule has 1 rings (SSSR count). The number of rotatable bonds is 5. The molecule has 0 spiro atoms. The Morgan fingerprint density at radius 2 is 1.88 bits per heavy atom. The molecule has 0 saturated carbocycles. The maximum Gasteiger partial charge on any atom is 0.0643 e. The first-order valence-corrected chi connectivity index (χ1v) is 6.13. The largest absolute Gasteiger partial charge is 0.374 e. The summed E-state index contributed by atoms with van der Waals surface area (Å²) in [6, 6.07) is 7.88. The van der Waals surface area contributed by atoms with Crippen LogP contribution in [0.5, 0.6) is 0 Å². The highest BCUT2D eigenvalue weighted by Gasteiger charge is 2.14. The quantitative estimate of drug-likeness (QED) is 0.629. The van der Waals surface area contributed by atoms with E-state index in [4.69, 9.17) is 22.2 Å². The fraction of sp³-hybridized carbons (Fsp3) is 0.538. The topological polar surface area (TPSA) is 47.3 Å². The summed E-state index contributed by atoms with van der Waals surface area (Å²) in [4.78, 5) is 0. The lowest BCUT2D eigenvalue weighted by Gasteiger charge is -2.24. The average Bonchev–Trinajstić information content (AvgIpc) is 2.25. The molecule has 1 unspecified atom stereocenters. The second-order valence-electron chi connectivity index (χ2n) is 5.12. The number of benzene rings is 1. The molecule has 0 aliphatic carbocycles. The van der Waals surface area contributed by atoms with Crippen LogP contribution in [0.3, 0.4) is 0 Å². The van der Waals surface area contributed by atoms with Crippen molar-refractivity contribution < 1.29 is 4.74 Å². The van der Waals surface area contributed by atoms with Gasteiger partial charge in [0.25, 0.3) is 0 Å². The Hall–Kier alpha value is -0.610. The van der Waals surface area contributed by atoms with E-state index in [9.17, 15) is 0 Å². The minimum absolute atomic E-state index is 0.107. The van der Waals surface area contributed by atoms with Crippen LogP contribution in [-0.4, -0.2) is 18.2 Å². The third-order valence-electron chi connectivity index (χ3n) is 2.35. The van der Waals surface area contributed by atoms with E-state index in [1.54, 1.807) is 0 Å². The molecule has 0 saturated heterocycles. The van der Waals surface area contributed by atoms with Gasteiger partial charge >= 0.3 is 0 Å². The number of halogens is 1. The first-order valence-electron chi connectivity index (χ1n) is 5.75. The highest BCUT2D eigenvalue weighted by molar-refractivity contribution is 6.30. The summed E-state index contributed by atoms with van der Waals surface area (Å²) in [6.07, 6.45) is 0.823. The Balaban J connectivity index is 2.49. The van der Waals surface area contributed by atoms with Crippen LogP contribution in [0.4, 0.5) is 0 Å². The van der Waals surface area contributed by atoms with Crippen LogP contribution < -0.4 is 11.3 Å². The number of hydrazine groups is 1. The molecule has 0 aliphatic rings.